The molecule has 1 saturated heterocycles. The molecule has 5 heteroatoms. The first-order valence-electron chi connectivity index (χ1n) is 7.85. The van der Waals surface area contributed by atoms with Crippen LogP contribution in [-0.2, 0) is 4.74 Å². The lowest BCUT2D eigenvalue weighted by molar-refractivity contribution is 0.0521. The Balaban J connectivity index is 1.65. The van der Waals surface area contributed by atoms with Crippen molar-refractivity contribution in [3.05, 3.63) is 48.8 Å². The monoisotopic (exact) mass is 311 g/mol. The molecular weight excluding hydrogens is 290 g/mol. The Kier molecular flexibility index (Phi) is 4.88. The topological polar surface area (TPSA) is 54.5 Å². The van der Waals surface area contributed by atoms with Gasteiger partial charge >= 0.3 is 6.03 Å². The van der Waals surface area contributed by atoms with Gasteiger partial charge in [-0.3, -0.25) is 4.98 Å². The summed E-state index contributed by atoms with van der Waals surface area (Å²) in [7, 11) is 1.73. The van der Waals surface area contributed by atoms with E-state index in [4.69, 9.17) is 4.74 Å². The minimum atomic E-state index is -0.0529. The van der Waals surface area contributed by atoms with Crippen molar-refractivity contribution in [1.82, 2.24) is 9.88 Å². The predicted molar refractivity (Wildman–Crippen MR) is 90.3 cm³/mol. The van der Waals surface area contributed by atoms with Crippen molar-refractivity contribution in [3.8, 4) is 11.1 Å². The maximum Gasteiger partial charge on any atom is 0.321 e. The second kappa shape index (κ2) is 7.24. The Labute approximate surface area is 136 Å². The Morgan fingerprint density at radius 1 is 1.22 bits per heavy atom. The summed E-state index contributed by atoms with van der Waals surface area (Å²) in [5.41, 5.74) is 2.86. The average Bonchev–Trinajstić information content (AvgIpc) is 2.63. The largest absolute Gasteiger partial charge is 0.381 e. The molecule has 0 atom stereocenters. The van der Waals surface area contributed by atoms with Crippen molar-refractivity contribution in [1.29, 1.82) is 0 Å². The number of likely N-dealkylation sites (tertiary alicyclic amines) is 1. The summed E-state index contributed by atoms with van der Waals surface area (Å²) in [6, 6.07) is 11.7. The lowest BCUT2D eigenvalue weighted by Crippen LogP contribution is -2.42. The third-order valence-electron chi connectivity index (χ3n) is 4.17. The SMILES string of the molecule is COC1CCN(C(=O)Nc2cccc(-c3cccnc3)c2)CC1. The van der Waals surface area contributed by atoms with Gasteiger partial charge in [0.2, 0.25) is 0 Å². The van der Waals surface area contributed by atoms with Crippen LogP contribution in [0.5, 0.6) is 0 Å². The second-order valence-electron chi connectivity index (χ2n) is 5.67. The van der Waals surface area contributed by atoms with Crippen LogP contribution in [0.2, 0.25) is 0 Å². The number of piperidine rings is 1. The molecule has 0 spiro atoms. The highest BCUT2D eigenvalue weighted by molar-refractivity contribution is 5.90. The van der Waals surface area contributed by atoms with Gasteiger partial charge in [0.25, 0.3) is 0 Å². The van der Waals surface area contributed by atoms with Crippen molar-refractivity contribution < 1.29 is 9.53 Å². The van der Waals surface area contributed by atoms with E-state index >= 15 is 0 Å². The molecule has 23 heavy (non-hydrogen) atoms. The Morgan fingerprint density at radius 3 is 2.70 bits per heavy atom. The number of carbonyl (C=O) groups is 1. The predicted octanol–water partition coefficient (Wildman–Crippen LogP) is 3.39. The fraction of sp³-hybridized carbons (Fsp3) is 0.333. The number of methoxy groups -OCH3 is 1. The van der Waals surface area contributed by atoms with Crippen LogP contribution in [0.15, 0.2) is 48.8 Å². The summed E-state index contributed by atoms with van der Waals surface area (Å²) in [6.07, 6.45) is 5.61. The number of pyridine rings is 1. The summed E-state index contributed by atoms with van der Waals surface area (Å²) in [4.78, 5) is 18.3. The van der Waals surface area contributed by atoms with Crippen LogP contribution in [0.3, 0.4) is 0 Å². The zero-order valence-corrected chi connectivity index (χ0v) is 13.2. The Morgan fingerprint density at radius 2 is 2.00 bits per heavy atom. The first-order valence-corrected chi connectivity index (χ1v) is 7.85. The van der Waals surface area contributed by atoms with Gasteiger partial charge in [0.1, 0.15) is 0 Å². The third kappa shape index (κ3) is 3.87. The van der Waals surface area contributed by atoms with Crippen LogP contribution < -0.4 is 5.32 Å². The first-order chi connectivity index (χ1) is 11.3. The van der Waals surface area contributed by atoms with E-state index in [0.717, 1.165) is 42.7 Å². The molecule has 120 valence electrons. The zero-order valence-electron chi connectivity index (χ0n) is 13.2. The molecule has 1 aromatic carbocycles. The van der Waals surface area contributed by atoms with Crippen molar-refractivity contribution in [2.24, 2.45) is 0 Å². The van der Waals surface area contributed by atoms with Crippen molar-refractivity contribution in [3.63, 3.8) is 0 Å². The summed E-state index contributed by atoms with van der Waals surface area (Å²) < 4.78 is 5.34. The maximum atomic E-state index is 12.4. The van der Waals surface area contributed by atoms with E-state index in [2.05, 4.69) is 10.3 Å². The van der Waals surface area contributed by atoms with E-state index in [-0.39, 0.29) is 12.1 Å². The minimum Gasteiger partial charge on any atom is -0.381 e. The Bertz CT molecular complexity index is 652. The smallest absolute Gasteiger partial charge is 0.321 e. The van der Waals surface area contributed by atoms with Gasteiger partial charge in [-0.1, -0.05) is 18.2 Å². The average molecular weight is 311 g/mol. The normalized spacial score (nSPS) is 15.4. The highest BCUT2D eigenvalue weighted by Crippen LogP contribution is 2.22. The number of carbonyl (C=O) groups excluding carboxylic acids is 1. The standard InChI is InChI=1S/C18H21N3O2/c1-23-17-7-10-21(11-8-17)18(22)20-16-6-2-4-14(12-16)15-5-3-9-19-13-15/h2-6,9,12-13,17H,7-8,10-11H2,1H3,(H,20,22). The van der Waals surface area contributed by atoms with Crippen LogP contribution in [-0.4, -0.2) is 42.2 Å². The molecule has 0 aliphatic carbocycles. The first kappa shape index (κ1) is 15.5. The third-order valence-corrected chi connectivity index (χ3v) is 4.17. The number of benzene rings is 1. The number of amides is 2. The number of anilines is 1. The summed E-state index contributed by atoms with van der Waals surface area (Å²) in [5, 5.41) is 2.98. The van der Waals surface area contributed by atoms with Gasteiger partial charge < -0.3 is 15.0 Å². The van der Waals surface area contributed by atoms with Gasteiger partial charge in [-0.15, -0.1) is 0 Å². The number of hydrogen-bond donors (Lipinski definition) is 1. The van der Waals surface area contributed by atoms with Gasteiger partial charge in [-0.2, -0.15) is 0 Å². The van der Waals surface area contributed by atoms with E-state index in [1.807, 2.05) is 47.5 Å². The minimum absolute atomic E-state index is 0.0529. The number of rotatable bonds is 3. The molecular formula is C18H21N3O2. The molecule has 0 unspecified atom stereocenters. The second-order valence-corrected chi connectivity index (χ2v) is 5.67. The molecule has 2 amide bonds. The molecule has 1 aromatic heterocycles. The fourth-order valence-electron chi connectivity index (χ4n) is 2.81. The lowest BCUT2D eigenvalue weighted by Gasteiger charge is -2.31. The number of urea groups is 1. The zero-order chi connectivity index (χ0) is 16.1. The highest BCUT2D eigenvalue weighted by atomic mass is 16.5. The van der Waals surface area contributed by atoms with Crippen LogP contribution in [0, 0.1) is 0 Å². The Hall–Kier alpha value is -2.40. The van der Waals surface area contributed by atoms with Gasteiger partial charge in [0.15, 0.2) is 0 Å². The summed E-state index contributed by atoms with van der Waals surface area (Å²) >= 11 is 0. The van der Waals surface area contributed by atoms with Crippen LogP contribution in [0.1, 0.15) is 12.8 Å². The van der Waals surface area contributed by atoms with E-state index in [1.165, 1.54) is 0 Å². The highest BCUT2D eigenvalue weighted by Gasteiger charge is 2.22. The fourth-order valence-corrected chi connectivity index (χ4v) is 2.81. The van der Waals surface area contributed by atoms with Gasteiger partial charge in [0, 0.05) is 43.8 Å². The molecule has 0 saturated carbocycles. The van der Waals surface area contributed by atoms with Gasteiger partial charge in [-0.25, -0.2) is 4.79 Å². The molecule has 0 radical (unpaired) electrons. The van der Waals surface area contributed by atoms with E-state index in [9.17, 15) is 4.79 Å². The quantitative estimate of drug-likeness (QED) is 0.945. The van der Waals surface area contributed by atoms with Crippen molar-refractivity contribution in [2.45, 2.75) is 18.9 Å². The van der Waals surface area contributed by atoms with Gasteiger partial charge in [-0.05, 0) is 36.6 Å². The lowest BCUT2D eigenvalue weighted by atomic mass is 10.1. The van der Waals surface area contributed by atoms with Crippen LogP contribution in [0.4, 0.5) is 10.5 Å². The number of nitrogens with one attached hydrogen (secondary N) is 1. The molecule has 1 aliphatic heterocycles. The molecule has 5 nitrogen and oxygen atoms in total. The van der Waals surface area contributed by atoms with E-state index in [1.54, 1.807) is 13.3 Å². The molecule has 3 rings (SSSR count). The van der Waals surface area contributed by atoms with E-state index in [0.29, 0.717) is 0 Å². The molecule has 1 aliphatic rings. The molecule has 0 bridgehead atoms. The summed E-state index contributed by atoms with van der Waals surface area (Å²) in [5.74, 6) is 0. The molecule has 1 N–H and O–H groups in total. The van der Waals surface area contributed by atoms with Crippen molar-refractivity contribution >= 4 is 11.7 Å². The number of hydrogen-bond acceptors (Lipinski definition) is 3. The van der Waals surface area contributed by atoms with Gasteiger partial charge in [0.05, 0.1) is 6.10 Å². The van der Waals surface area contributed by atoms with E-state index < -0.39 is 0 Å². The van der Waals surface area contributed by atoms with Crippen LogP contribution in [0.25, 0.3) is 11.1 Å². The molecule has 2 aromatic rings. The molecule has 2 heterocycles. The maximum absolute atomic E-state index is 12.4. The number of ether oxygens (including phenoxy) is 1. The van der Waals surface area contributed by atoms with Crippen molar-refractivity contribution in [2.75, 3.05) is 25.5 Å². The number of aromatic nitrogens is 1. The molecule has 1 fully saturated rings. The van der Waals surface area contributed by atoms with Crippen LogP contribution >= 0.6 is 0 Å². The number of nitrogens with zero attached hydrogens (tertiary/aromatic N) is 2. The summed E-state index contributed by atoms with van der Waals surface area (Å²) in [6.45, 7) is 1.46.